The van der Waals surface area contributed by atoms with Crippen LogP contribution in [0.2, 0.25) is 0 Å². The van der Waals surface area contributed by atoms with Crippen molar-refractivity contribution in [3.05, 3.63) is 42.5 Å². The van der Waals surface area contributed by atoms with Crippen LogP contribution in [-0.2, 0) is 0 Å². The zero-order chi connectivity index (χ0) is 11.1. The maximum absolute atomic E-state index is 4.45. The lowest BCUT2D eigenvalue weighted by atomic mass is 9.94. The van der Waals surface area contributed by atoms with Gasteiger partial charge in [-0.15, -0.1) is 0 Å². The van der Waals surface area contributed by atoms with E-state index in [2.05, 4.69) is 37.9 Å². The van der Waals surface area contributed by atoms with Crippen LogP contribution in [-0.4, -0.2) is 6.21 Å². The zero-order valence-corrected chi connectivity index (χ0v) is 9.77. The number of aliphatic imine (C=N–C) groups is 1. The summed E-state index contributed by atoms with van der Waals surface area (Å²) in [5, 5.41) is 0. The second-order valence-corrected chi connectivity index (χ2v) is 4.23. The lowest BCUT2D eigenvalue weighted by Crippen LogP contribution is -2.08. The number of rotatable bonds is 4. The molecule has 15 heavy (non-hydrogen) atoms. The van der Waals surface area contributed by atoms with Crippen LogP contribution < -0.4 is 0 Å². The first-order valence-corrected chi connectivity index (χ1v) is 5.42. The van der Waals surface area contributed by atoms with Gasteiger partial charge in [-0.1, -0.05) is 51.1 Å². The summed E-state index contributed by atoms with van der Waals surface area (Å²) in [5.41, 5.74) is 1.04. The van der Waals surface area contributed by atoms with Gasteiger partial charge in [0.25, 0.3) is 0 Å². The van der Waals surface area contributed by atoms with Crippen molar-refractivity contribution in [2.24, 2.45) is 10.4 Å². The fraction of sp³-hybridized carbons (Fsp3) is 0.357. The van der Waals surface area contributed by atoms with Gasteiger partial charge in [-0.2, -0.15) is 0 Å². The molecule has 0 aliphatic rings. The molecule has 0 aliphatic heterocycles. The average Bonchev–Trinajstić information content (AvgIpc) is 2.25. The fourth-order valence-electron chi connectivity index (χ4n) is 1.22. The molecule has 1 nitrogen and oxygen atoms in total. The highest BCUT2D eigenvalue weighted by Crippen LogP contribution is 2.17. The molecule has 1 rings (SSSR count). The lowest BCUT2D eigenvalue weighted by Gasteiger charge is -2.12. The van der Waals surface area contributed by atoms with E-state index in [0.717, 1.165) is 12.1 Å². The fourth-order valence-corrected chi connectivity index (χ4v) is 1.22. The van der Waals surface area contributed by atoms with E-state index in [1.54, 1.807) is 0 Å². The molecule has 0 radical (unpaired) electrons. The number of para-hydroxylation sites is 1. The first-order chi connectivity index (χ1) is 7.14. The van der Waals surface area contributed by atoms with Gasteiger partial charge in [0.1, 0.15) is 0 Å². The number of allylic oxidation sites excluding steroid dienone is 2. The molecule has 0 N–H and O–H groups in total. The first kappa shape index (κ1) is 11.7. The van der Waals surface area contributed by atoms with Crippen molar-refractivity contribution in [1.29, 1.82) is 0 Å². The second kappa shape index (κ2) is 5.50. The molecule has 1 heteroatoms. The zero-order valence-electron chi connectivity index (χ0n) is 9.77. The third-order valence-electron chi connectivity index (χ3n) is 2.09. The average molecular weight is 201 g/mol. The van der Waals surface area contributed by atoms with Crippen molar-refractivity contribution in [3.63, 3.8) is 0 Å². The summed E-state index contributed by atoms with van der Waals surface area (Å²) >= 11 is 0. The van der Waals surface area contributed by atoms with Crippen LogP contribution in [0.4, 0.5) is 5.69 Å². The third-order valence-corrected chi connectivity index (χ3v) is 2.09. The number of benzene rings is 1. The second-order valence-electron chi connectivity index (χ2n) is 4.23. The summed E-state index contributed by atoms with van der Waals surface area (Å²) in [6.07, 6.45) is 7.44. The standard InChI is InChI=1S/C14H19N/c1-4-5-11-14(2,3)12-15-13-9-7-6-8-10-13/h5-12H,4H2,1-3H3/b11-5-,15-12?. The van der Waals surface area contributed by atoms with E-state index in [-0.39, 0.29) is 5.41 Å². The molecular formula is C14H19N. The highest BCUT2D eigenvalue weighted by molar-refractivity contribution is 5.71. The molecule has 0 amide bonds. The topological polar surface area (TPSA) is 12.4 Å². The summed E-state index contributed by atoms with van der Waals surface area (Å²) in [4.78, 5) is 4.45. The van der Waals surface area contributed by atoms with Crippen LogP contribution in [0.3, 0.4) is 0 Å². The minimum atomic E-state index is 0.0336. The monoisotopic (exact) mass is 201 g/mol. The highest BCUT2D eigenvalue weighted by Gasteiger charge is 2.08. The van der Waals surface area contributed by atoms with Crippen LogP contribution >= 0.6 is 0 Å². The van der Waals surface area contributed by atoms with E-state index in [1.165, 1.54) is 0 Å². The molecule has 1 aromatic carbocycles. The first-order valence-electron chi connectivity index (χ1n) is 5.42. The summed E-state index contributed by atoms with van der Waals surface area (Å²) in [5.74, 6) is 0. The van der Waals surface area contributed by atoms with Gasteiger partial charge in [0.15, 0.2) is 0 Å². The molecule has 0 unspecified atom stereocenters. The van der Waals surface area contributed by atoms with Gasteiger partial charge < -0.3 is 0 Å². The smallest absolute Gasteiger partial charge is 0.0626 e. The Morgan fingerprint density at radius 2 is 1.87 bits per heavy atom. The Hall–Kier alpha value is -1.37. The van der Waals surface area contributed by atoms with E-state index in [1.807, 2.05) is 36.5 Å². The Bertz CT molecular complexity index is 334. The van der Waals surface area contributed by atoms with Gasteiger partial charge in [0.05, 0.1) is 5.69 Å². The Labute approximate surface area is 92.6 Å². The minimum Gasteiger partial charge on any atom is -0.260 e. The van der Waals surface area contributed by atoms with Crippen molar-refractivity contribution in [3.8, 4) is 0 Å². The molecule has 0 atom stereocenters. The Morgan fingerprint density at radius 3 is 2.47 bits per heavy atom. The summed E-state index contributed by atoms with van der Waals surface area (Å²) in [7, 11) is 0. The molecule has 0 saturated heterocycles. The van der Waals surface area contributed by atoms with Crippen LogP contribution in [0.5, 0.6) is 0 Å². The van der Waals surface area contributed by atoms with E-state index < -0.39 is 0 Å². The molecule has 0 fully saturated rings. The molecule has 0 aliphatic carbocycles. The largest absolute Gasteiger partial charge is 0.260 e. The van der Waals surface area contributed by atoms with Crippen LogP contribution in [0, 0.1) is 5.41 Å². The van der Waals surface area contributed by atoms with Gasteiger partial charge in [0, 0.05) is 11.6 Å². The number of hydrogen-bond donors (Lipinski definition) is 0. The number of hydrogen-bond acceptors (Lipinski definition) is 1. The molecule has 1 aromatic rings. The quantitative estimate of drug-likeness (QED) is 0.506. The predicted octanol–water partition coefficient (Wildman–Crippen LogP) is 4.38. The Morgan fingerprint density at radius 1 is 1.20 bits per heavy atom. The Balaban J connectivity index is 2.68. The van der Waals surface area contributed by atoms with Crippen molar-refractivity contribution >= 4 is 11.9 Å². The third kappa shape index (κ3) is 4.59. The molecule has 0 bridgehead atoms. The highest BCUT2D eigenvalue weighted by atomic mass is 14.7. The van der Waals surface area contributed by atoms with Crippen molar-refractivity contribution in [1.82, 2.24) is 0 Å². The molecule has 0 spiro atoms. The van der Waals surface area contributed by atoms with E-state index in [9.17, 15) is 0 Å². The van der Waals surface area contributed by atoms with Crippen molar-refractivity contribution in [2.45, 2.75) is 27.2 Å². The van der Waals surface area contributed by atoms with Crippen LogP contribution in [0.15, 0.2) is 47.5 Å². The van der Waals surface area contributed by atoms with Crippen molar-refractivity contribution < 1.29 is 0 Å². The molecular weight excluding hydrogens is 182 g/mol. The maximum atomic E-state index is 4.45. The van der Waals surface area contributed by atoms with Gasteiger partial charge in [-0.3, -0.25) is 4.99 Å². The molecule has 0 saturated carbocycles. The minimum absolute atomic E-state index is 0.0336. The Kier molecular flexibility index (Phi) is 4.29. The SMILES string of the molecule is CC/C=C\C(C)(C)C=Nc1ccccc1. The van der Waals surface area contributed by atoms with Gasteiger partial charge in [0.2, 0.25) is 0 Å². The van der Waals surface area contributed by atoms with Gasteiger partial charge in [-0.25, -0.2) is 0 Å². The normalized spacial score (nSPS) is 12.7. The van der Waals surface area contributed by atoms with Crippen LogP contribution in [0.25, 0.3) is 0 Å². The summed E-state index contributed by atoms with van der Waals surface area (Å²) in [6.45, 7) is 6.46. The van der Waals surface area contributed by atoms with E-state index in [0.29, 0.717) is 0 Å². The predicted molar refractivity (Wildman–Crippen MR) is 67.8 cm³/mol. The van der Waals surface area contributed by atoms with E-state index >= 15 is 0 Å². The van der Waals surface area contributed by atoms with Crippen LogP contribution in [0.1, 0.15) is 27.2 Å². The number of nitrogens with zero attached hydrogens (tertiary/aromatic N) is 1. The van der Waals surface area contributed by atoms with Gasteiger partial charge in [-0.05, 0) is 18.6 Å². The molecule has 80 valence electrons. The molecule has 0 heterocycles. The van der Waals surface area contributed by atoms with Crippen molar-refractivity contribution in [2.75, 3.05) is 0 Å². The lowest BCUT2D eigenvalue weighted by molar-refractivity contribution is 0.691. The summed E-state index contributed by atoms with van der Waals surface area (Å²) in [6, 6.07) is 10.0. The maximum Gasteiger partial charge on any atom is 0.0626 e. The van der Waals surface area contributed by atoms with E-state index in [4.69, 9.17) is 0 Å². The van der Waals surface area contributed by atoms with Gasteiger partial charge >= 0.3 is 0 Å². The molecule has 0 aromatic heterocycles. The summed E-state index contributed by atoms with van der Waals surface area (Å²) < 4.78 is 0.